The Labute approximate surface area is 188 Å². The van der Waals surface area contributed by atoms with Crippen LogP contribution in [0.2, 0.25) is 0 Å². The first-order valence-corrected chi connectivity index (χ1v) is 11.0. The molecule has 4 aromatic rings. The van der Waals surface area contributed by atoms with Crippen LogP contribution in [-0.4, -0.2) is 18.6 Å². The number of para-hydroxylation sites is 2. The molecule has 1 aliphatic heterocycles. The number of nitrogens with zero attached hydrogens (tertiary/aromatic N) is 1. The van der Waals surface area contributed by atoms with Gasteiger partial charge in [-0.05, 0) is 60.0 Å². The van der Waals surface area contributed by atoms with Crippen LogP contribution in [0.25, 0.3) is 10.8 Å². The number of nitrogens with one attached hydrogen (secondary N) is 1. The van der Waals surface area contributed by atoms with Gasteiger partial charge in [-0.15, -0.1) is 0 Å². The molecule has 160 valence electrons. The fourth-order valence-corrected chi connectivity index (χ4v) is 4.54. The highest BCUT2D eigenvalue weighted by Crippen LogP contribution is 2.39. The predicted octanol–water partition coefficient (Wildman–Crippen LogP) is 6.20. The lowest BCUT2D eigenvalue weighted by Crippen LogP contribution is -2.46. The molecule has 0 aliphatic carbocycles. The van der Waals surface area contributed by atoms with Gasteiger partial charge in [0.2, 0.25) is 0 Å². The van der Waals surface area contributed by atoms with E-state index >= 15 is 0 Å². The van der Waals surface area contributed by atoms with Crippen LogP contribution in [0.4, 0.5) is 11.4 Å². The van der Waals surface area contributed by atoms with Crippen molar-refractivity contribution in [1.82, 2.24) is 0 Å². The van der Waals surface area contributed by atoms with Gasteiger partial charge >= 0.3 is 0 Å². The summed E-state index contributed by atoms with van der Waals surface area (Å²) in [7, 11) is 0. The van der Waals surface area contributed by atoms with Gasteiger partial charge in [0.1, 0.15) is 5.75 Å². The van der Waals surface area contributed by atoms with E-state index in [1.807, 2.05) is 77.7 Å². The second-order valence-corrected chi connectivity index (χ2v) is 8.27. The average Bonchev–Trinajstić information content (AvgIpc) is 2.83. The van der Waals surface area contributed by atoms with E-state index in [0.29, 0.717) is 5.75 Å². The Balaban J connectivity index is 1.34. The van der Waals surface area contributed by atoms with E-state index in [0.717, 1.165) is 34.1 Å². The first-order valence-electron chi connectivity index (χ1n) is 11.0. The molecule has 1 amide bonds. The fourth-order valence-electron chi connectivity index (χ4n) is 4.54. The lowest BCUT2D eigenvalue weighted by molar-refractivity contribution is -0.121. The Bertz CT molecular complexity index is 1240. The number of hydrogen-bond donors (Lipinski definition) is 1. The molecule has 0 fully saturated rings. The number of carbonyl (C=O) groups is 1. The van der Waals surface area contributed by atoms with Gasteiger partial charge in [-0.1, -0.05) is 66.7 Å². The van der Waals surface area contributed by atoms with Crippen molar-refractivity contribution >= 4 is 28.1 Å². The number of hydrogen-bond acceptors (Lipinski definition) is 3. The van der Waals surface area contributed by atoms with E-state index in [9.17, 15) is 4.79 Å². The van der Waals surface area contributed by atoms with Crippen molar-refractivity contribution in [2.45, 2.75) is 25.4 Å². The molecule has 0 saturated carbocycles. The number of rotatable bonds is 5. The molecule has 5 rings (SSSR count). The molecule has 32 heavy (non-hydrogen) atoms. The molecule has 1 heterocycles. The highest BCUT2D eigenvalue weighted by Gasteiger charge is 2.33. The van der Waals surface area contributed by atoms with Gasteiger partial charge < -0.3 is 15.0 Å². The van der Waals surface area contributed by atoms with Gasteiger partial charge in [0.25, 0.3) is 5.91 Å². The van der Waals surface area contributed by atoms with Crippen molar-refractivity contribution in [3.63, 3.8) is 0 Å². The summed E-state index contributed by atoms with van der Waals surface area (Å²) in [4.78, 5) is 15.1. The molecule has 1 N–H and O–H groups in total. The summed E-state index contributed by atoms with van der Waals surface area (Å²) in [6.07, 6.45) is 0.827. The third kappa shape index (κ3) is 4.04. The normalized spacial score (nSPS) is 17.6. The maximum atomic E-state index is 13.3. The minimum absolute atomic E-state index is 0.00773. The minimum Gasteiger partial charge on any atom is -0.484 e. The second-order valence-electron chi connectivity index (χ2n) is 8.27. The smallest absolute Gasteiger partial charge is 0.265 e. The van der Waals surface area contributed by atoms with Gasteiger partial charge in [0, 0.05) is 17.4 Å². The second kappa shape index (κ2) is 8.75. The number of benzene rings is 4. The van der Waals surface area contributed by atoms with Crippen LogP contribution in [-0.2, 0) is 4.79 Å². The summed E-state index contributed by atoms with van der Waals surface area (Å²) in [5.41, 5.74) is 3.17. The van der Waals surface area contributed by atoms with E-state index in [1.165, 1.54) is 0 Å². The topological polar surface area (TPSA) is 41.6 Å². The molecule has 0 bridgehead atoms. The maximum Gasteiger partial charge on any atom is 0.265 e. The summed E-state index contributed by atoms with van der Waals surface area (Å²) in [5, 5.41) is 5.89. The van der Waals surface area contributed by atoms with E-state index in [2.05, 4.69) is 36.5 Å². The Morgan fingerprint density at radius 3 is 2.47 bits per heavy atom. The van der Waals surface area contributed by atoms with Crippen LogP contribution in [0.15, 0.2) is 97.1 Å². The molecule has 0 spiro atoms. The number of anilines is 2. The van der Waals surface area contributed by atoms with E-state index in [4.69, 9.17) is 4.74 Å². The SMILES string of the molecule is C[C@@H]1C[C@H](Nc2ccccc2)c2ccccc2N1C(=O)COc1ccc2ccccc2c1. The molecule has 0 saturated heterocycles. The number of amides is 1. The highest BCUT2D eigenvalue weighted by atomic mass is 16.5. The lowest BCUT2D eigenvalue weighted by Gasteiger charge is -2.40. The summed E-state index contributed by atoms with van der Waals surface area (Å²) >= 11 is 0. The minimum atomic E-state index is -0.0312. The molecule has 4 aromatic carbocycles. The molecule has 0 aromatic heterocycles. The van der Waals surface area contributed by atoms with Gasteiger partial charge in [-0.3, -0.25) is 4.79 Å². The summed E-state index contributed by atoms with van der Waals surface area (Å²) in [6.45, 7) is 2.11. The molecule has 0 unspecified atom stereocenters. The molecule has 0 radical (unpaired) electrons. The Morgan fingerprint density at radius 2 is 1.62 bits per heavy atom. The molecular formula is C28H26N2O2. The fraction of sp³-hybridized carbons (Fsp3) is 0.179. The Hall–Kier alpha value is -3.79. The zero-order chi connectivity index (χ0) is 21.9. The largest absolute Gasteiger partial charge is 0.484 e. The Morgan fingerprint density at radius 1 is 0.906 bits per heavy atom. The quantitative estimate of drug-likeness (QED) is 0.416. The number of fused-ring (bicyclic) bond motifs is 2. The molecule has 4 heteroatoms. The van der Waals surface area contributed by atoms with Crippen molar-refractivity contribution in [2.75, 3.05) is 16.8 Å². The zero-order valence-electron chi connectivity index (χ0n) is 18.1. The Kier molecular flexibility index (Phi) is 5.51. The average molecular weight is 423 g/mol. The predicted molar refractivity (Wildman–Crippen MR) is 130 cm³/mol. The van der Waals surface area contributed by atoms with Crippen LogP contribution in [0, 0.1) is 0 Å². The standard InChI is InChI=1S/C28H26N2O2/c1-20-17-26(29-23-11-3-2-4-12-23)25-13-7-8-14-27(25)30(20)28(31)19-32-24-16-15-21-9-5-6-10-22(21)18-24/h2-16,18,20,26,29H,17,19H2,1H3/t20-,26+/m1/s1. The van der Waals surface area contributed by atoms with Crippen LogP contribution >= 0.6 is 0 Å². The van der Waals surface area contributed by atoms with E-state index in [1.54, 1.807) is 0 Å². The van der Waals surface area contributed by atoms with Crippen LogP contribution < -0.4 is 15.0 Å². The van der Waals surface area contributed by atoms with Gasteiger partial charge in [0.15, 0.2) is 6.61 Å². The van der Waals surface area contributed by atoms with Crippen molar-refractivity contribution in [3.8, 4) is 5.75 Å². The molecule has 4 nitrogen and oxygen atoms in total. The molecule has 1 aliphatic rings. The first kappa shape index (κ1) is 20.1. The monoisotopic (exact) mass is 422 g/mol. The lowest BCUT2D eigenvalue weighted by atomic mass is 9.91. The van der Waals surface area contributed by atoms with Crippen LogP contribution in [0.1, 0.15) is 24.9 Å². The molecule has 2 atom stereocenters. The van der Waals surface area contributed by atoms with E-state index in [-0.39, 0.29) is 24.6 Å². The van der Waals surface area contributed by atoms with Crippen molar-refractivity contribution in [2.24, 2.45) is 0 Å². The van der Waals surface area contributed by atoms with Crippen LogP contribution in [0.3, 0.4) is 0 Å². The van der Waals surface area contributed by atoms with Gasteiger partial charge in [-0.2, -0.15) is 0 Å². The van der Waals surface area contributed by atoms with Crippen molar-refractivity contribution < 1.29 is 9.53 Å². The number of ether oxygens (including phenoxy) is 1. The first-order chi connectivity index (χ1) is 15.7. The summed E-state index contributed by atoms with van der Waals surface area (Å²) in [5.74, 6) is 0.676. The van der Waals surface area contributed by atoms with E-state index < -0.39 is 0 Å². The number of carbonyl (C=O) groups excluding carboxylic acids is 1. The van der Waals surface area contributed by atoms with Crippen LogP contribution in [0.5, 0.6) is 5.75 Å². The third-order valence-electron chi connectivity index (χ3n) is 6.06. The summed E-state index contributed by atoms with van der Waals surface area (Å²) < 4.78 is 5.91. The summed E-state index contributed by atoms with van der Waals surface area (Å²) in [6, 6.07) is 32.6. The van der Waals surface area contributed by atoms with Gasteiger partial charge in [0.05, 0.1) is 6.04 Å². The van der Waals surface area contributed by atoms with Crippen molar-refractivity contribution in [3.05, 3.63) is 103 Å². The third-order valence-corrected chi connectivity index (χ3v) is 6.06. The molecular weight excluding hydrogens is 396 g/mol. The van der Waals surface area contributed by atoms with Crippen molar-refractivity contribution in [1.29, 1.82) is 0 Å². The maximum absolute atomic E-state index is 13.3. The van der Waals surface area contributed by atoms with Gasteiger partial charge in [-0.25, -0.2) is 0 Å². The zero-order valence-corrected chi connectivity index (χ0v) is 18.1. The highest BCUT2D eigenvalue weighted by molar-refractivity contribution is 5.96.